The van der Waals surface area contributed by atoms with Crippen molar-refractivity contribution in [2.45, 2.75) is 45.5 Å². The van der Waals surface area contributed by atoms with E-state index in [1.165, 1.54) is 6.07 Å². The monoisotopic (exact) mass is 422 g/mol. The number of halogens is 4. The highest BCUT2D eigenvalue weighted by atomic mass is 19.3. The van der Waals surface area contributed by atoms with Crippen molar-refractivity contribution in [3.05, 3.63) is 69.8 Å². The first-order valence-corrected chi connectivity index (χ1v) is 9.55. The van der Waals surface area contributed by atoms with Crippen LogP contribution in [0.3, 0.4) is 0 Å². The summed E-state index contributed by atoms with van der Waals surface area (Å²) in [4.78, 5) is 10.8. The van der Waals surface area contributed by atoms with Gasteiger partial charge in [0.2, 0.25) is 0 Å². The first kappa shape index (κ1) is 21.9. The second-order valence-corrected chi connectivity index (χ2v) is 7.58. The number of aryl methyl sites for hydroxylation is 1. The van der Waals surface area contributed by atoms with Gasteiger partial charge in [-0.2, -0.15) is 0 Å². The minimum Gasteiger partial charge on any atom is -0.489 e. The van der Waals surface area contributed by atoms with Crippen LogP contribution in [0.4, 0.5) is 17.6 Å². The summed E-state index contributed by atoms with van der Waals surface area (Å²) in [5, 5.41) is 8.85. The van der Waals surface area contributed by atoms with Crippen LogP contribution in [0.5, 0.6) is 5.75 Å². The third-order valence-electron chi connectivity index (χ3n) is 5.46. The van der Waals surface area contributed by atoms with Crippen molar-refractivity contribution in [1.29, 1.82) is 0 Å². The zero-order chi connectivity index (χ0) is 22.1. The van der Waals surface area contributed by atoms with Gasteiger partial charge in [-0.05, 0) is 71.9 Å². The second kappa shape index (κ2) is 8.50. The number of rotatable bonds is 7. The summed E-state index contributed by atoms with van der Waals surface area (Å²) in [5.74, 6) is -5.45. The molecule has 7 heteroatoms. The highest BCUT2D eigenvalue weighted by Crippen LogP contribution is 2.44. The number of carboxylic acids is 1. The molecule has 0 aliphatic heterocycles. The van der Waals surface area contributed by atoms with E-state index in [0.29, 0.717) is 17.7 Å². The summed E-state index contributed by atoms with van der Waals surface area (Å²) in [7, 11) is 0. The van der Waals surface area contributed by atoms with E-state index in [0.717, 1.165) is 28.8 Å². The van der Waals surface area contributed by atoms with E-state index in [2.05, 4.69) is 0 Å². The highest BCUT2D eigenvalue weighted by molar-refractivity contribution is 5.72. The zero-order valence-corrected chi connectivity index (χ0v) is 16.7. The summed E-state index contributed by atoms with van der Waals surface area (Å²) in [6.45, 7) is 3.58. The fourth-order valence-electron chi connectivity index (χ4n) is 3.68. The number of carboxylic acid groups (broad SMARTS) is 1. The molecule has 1 N–H and O–H groups in total. The first-order chi connectivity index (χ1) is 14.1. The molecule has 0 bridgehead atoms. The summed E-state index contributed by atoms with van der Waals surface area (Å²) >= 11 is 0. The van der Waals surface area contributed by atoms with Gasteiger partial charge in [0.05, 0.1) is 0 Å². The van der Waals surface area contributed by atoms with Crippen LogP contribution >= 0.6 is 0 Å². The number of benzene rings is 2. The molecule has 30 heavy (non-hydrogen) atoms. The Bertz CT molecular complexity index is 1010. The van der Waals surface area contributed by atoms with Gasteiger partial charge in [0.15, 0.2) is 11.6 Å². The number of hydrogen-bond donors (Lipinski definition) is 1. The fourth-order valence-corrected chi connectivity index (χ4v) is 3.68. The molecule has 0 spiro atoms. The van der Waals surface area contributed by atoms with E-state index >= 15 is 0 Å². The maximum atomic E-state index is 14.1. The van der Waals surface area contributed by atoms with E-state index in [1.807, 2.05) is 13.8 Å². The molecule has 2 aromatic carbocycles. The van der Waals surface area contributed by atoms with E-state index in [1.54, 1.807) is 12.1 Å². The van der Waals surface area contributed by atoms with Gasteiger partial charge in [0.1, 0.15) is 12.4 Å². The summed E-state index contributed by atoms with van der Waals surface area (Å²) < 4.78 is 60.8. The van der Waals surface area contributed by atoms with Crippen LogP contribution in [0.2, 0.25) is 0 Å². The quantitative estimate of drug-likeness (QED) is 0.569. The lowest BCUT2D eigenvalue weighted by Gasteiger charge is -2.15. The maximum absolute atomic E-state index is 14.1. The topological polar surface area (TPSA) is 46.5 Å². The van der Waals surface area contributed by atoms with E-state index < -0.39 is 36.4 Å². The van der Waals surface area contributed by atoms with Crippen LogP contribution in [-0.4, -0.2) is 23.6 Å². The predicted octanol–water partition coefficient (Wildman–Crippen LogP) is 5.86. The van der Waals surface area contributed by atoms with Crippen molar-refractivity contribution in [1.82, 2.24) is 0 Å². The molecule has 0 radical (unpaired) electrons. The number of aliphatic carboxylic acids is 1. The lowest BCUT2D eigenvalue weighted by Crippen LogP contribution is -2.12. The average Bonchev–Trinajstić information content (AvgIpc) is 2.99. The van der Waals surface area contributed by atoms with Crippen LogP contribution < -0.4 is 4.74 Å². The smallest absolute Gasteiger partial charge is 0.303 e. The van der Waals surface area contributed by atoms with Crippen molar-refractivity contribution < 1.29 is 32.2 Å². The van der Waals surface area contributed by atoms with Crippen LogP contribution in [0.1, 0.15) is 41.5 Å². The van der Waals surface area contributed by atoms with Gasteiger partial charge in [-0.3, -0.25) is 4.79 Å². The molecule has 0 atom stereocenters. The Hall–Kier alpha value is -2.83. The van der Waals surface area contributed by atoms with Gasteiger partial charge in [-0.15, -0.1) is 0 Å². The normalized spacial score (nSPS) is 15.5. The number of carbonyl (C=O) groups is 1. The van der Waals surface area contributed by atoms with Gasteiger partial charge in [-0.1, -0.05) is 12.1 Å². The van der Waals surface area contributed by atoms with Gasteiger partial charge < -0.3 is 9.84 Å². The molecule has 0 amide bonds. The molecule has 0 saturated carbocycles. The van der Waals surface area contributed by atoms with Gasteiger partial charge in [-0.25, -0.2) is 17.6 Å². The maximum Gasteiger partial charge on any atom is 0.303 e. The van der Waals surface area contributed by atoms with Crippen molar-refractivity contribution in [2.24, 2.45) is 0 Å². The van der Waals surface area contributed by atoms with E-state index in [-0.39, 0.29) is 24.2 Å². The van der Waals surface area contributed by atoms with Gasteiger partial charge >= 0.3 is 5.97 Å². The molecule has 3 rings (SSSR count). The molecule has 160 valence electrons. The Morgan fingerprint density at radius 3 is 2.47 bits per heavy atom. The summed E-state index contributed by atoms with van der Waals surface area (Å²) in [6, 6.07) is 6.62. The molecule has 1 aliphatic rings. The van der Waals surface area contributed by atoms with Crippen molar-refractivity contribution in [3.63, 3.8) is 0 Å². The molecule has 3 nitrogen and oxygen atoms in total. The van der Waals surface area contributed by atoms with Crippen molar-refractivity contribution in [3.8, 4) is 5.75 Å². The Labute approximate surface area is 172 Å². The zero-order valence-electron chi connectivity index (χ0n) is 16.7. The van der Waals surface area contributed by atoms with Crippen LogP contribution in [0.15, 0.2) is 35.9 Å². The fraction of sp³-hybridized carbons (Fsp3) is 0.348. The minimum atomic E-state index is -2.97. The molecular formula is C23H22F4O3. The minimum absolute atomic E-state index is 0.0139. The van der Waals surface area contributed by atoms with Crippen LogP contribution in [0.25, 0.3) is 5.57 Å². The van der Waals surface area contributed by atoms with E-state index in [4.69, 9.17) is 9.84 Å². The Morgan fingerprint density at radius 2 is 1.80 bits per heavy atom. The number of ether oxygens (including phenoxy) is 1. The average molecular weight is 422 g/mol. The van der Waals surface area contributed by atoms with Gasteiger partial charge in [0, 0.05) is 19.3 Å². The molecule has 2 aromatic rings. The standard InChI is InChI=1S/C23H22F4O3/c1-13-14(2)21(7-4-15(13)5-8-22(28)29)30-12-17-10-23(26,27)11-18(17)16-3-6-19(24)20(25)9-16/h3-4,6-7,9H,5,8,10-12H2,1-2H3,(H,28,29). The Kier molecular flexibility index (Phi) is 6.19. The molecule has 0 aromatic heterocycles. The molecule has 0 fully saturated rings. The molecule has 0 saturated heterocycles. The van der Waals surface area contributed by atoms with Crippen LogP contribution in [0, 0.1) is 25.5 Å². The lowest BCUT2D eigenvalue weighted by molar-refractivity contribution is -0.136. The van der Waals surface area contributed by atoms with E-state index in [9.17, 15) is 22.4 Å². The second-order valence-electron chi connectivity index (χ2n) is 7.58. The SMILES string of the molecule is Cc1c(CCC(=O)O)ccc(OCC2=C(c3ccc(F)c(F)c3)CC(F)(F)C2)c1C. The molecular weight excluding hydrogens is 400 g/mol. The summed E-state index contributed by atoms with van der Waals surface area (Å²) in [5.41, 5.74) is 3.42. The predicted molar refractivity (Wildman–Crippen MR) is 105 cm³/mol. The third-order valence-corrected chi connectivity index (χ3v) is 5.46. The molecule has 0 unspecified atom stereocenters. The Balaban J connectivity index is 1.82. The first-order valence-electron chi connectivity index (χ1n) is 9.55. The van der Waals surface area contributed by atoms with Crippen molar-refractivity contribution in [2.75, 3.05) is 6.61 Å². The summed E-state index contributed by atoms with van der Waals surface area (Å²) in [6.07, 6.45) is -0.654. The number of allylic oxidation sites excluding steroid dienone is 1. The largest absolute Gasteiger partial charge is 0.489 e. The molecule has 0 heterocycles. The third kappa shape index (κ3) is 4.83. The van der Waals surface area contributed by atoms with Crippen molar-refractivity contribution >= 4 is 11.5 Å². The number of alkyl halides is 2. The Morgan fingerprint density at radius 1 is 1.07 bits per heavy atom. The highest BCUT2D eigenvalue weighted by Gasteiger charge is 2.39. The number of hydrogen-bond acceptors (Lipinski definition) is 2. The molecule has 1 aliphatic carbocycles. The lowest BCUT2D eigenvalue weighted by atomic mass is 9.99. The van der Waals surface area contributed by atoms with Crippen LogP contribution in [-0.2, 0) is 11.2 Å². The van der Waals surface area contributed by atoms with Gasteiger partial charge in [0.25, 0.3) is 5.92 Å².